The molecular formula is C10H20N2O3S. The molecule has 0 aromatic heterocycles. The number of piperidine rings is 1. The number of nitrogens with two attached hydrogens (primary N) is 1. The number of likely N-dealkylation sites (tertiary alicyclic amines) is 1. The molecule has 0 radical (unpaired) electrons. The molecule has 2 fully saturated rings. The molecule has 16 heavy (non-hydrogen) atoms. The smallest absolute Gasteiger partial charge is 0.154 e. The molecular weight excluding hydrogens is 228 g/mol. The van der Waals surface area contributed by atoms with Crippen molar-refractivity contribution in [3.8, 4) is 0 Å². The molecule has 0 aromatic carbocycles. The van der Waals surface area contributed by atoms with Crippen molar-refractivity contribution in [1.82, 2.24) is 4.90 Å². The Morgan fingerprint density at radius 3 is 2.69 bits per heavy atom. The molecule has 2 saturated heterocycles. The van der Waals surface area contributed by atoms with E-state index < -0.39 is 15.9 Å². The lowest BCUT2D eigenvalue weighted by atomic mass is 9.96. The molecule has 0 aromatic rings. The summed E-state index contributed by atoms with van der Waals surface area (Å²) in [7, 11) is -3.04. The van der Waals surface area contributed by atoms with E-state index in [4.69, 9.17) is 5.73 Å². The van der Waals surface area contributed by atoms with E-state index in [1.165, 1.54) is 0 Å². The second kappa shape index (κ2) is 4.60. The van der Waals surface area contributed by atoms with Crippen molar-refractivity contribution in [2.45, 2.75) is 25.0 Å². The van der Waals surface area contributed by atoms with Crippen molar-refractivity contribution >= 4 is 9.84 Å². The summed E-state index contributed by atoms with van der Waals surface area (Å²) in [6.45, 7) is 2.35. The highest BCUT2D eigenvalue weighted by molar-refractivity contribution is 7.91. The van der Waals surface area contributed by atoms with E-state index in [9.17, 15) is 13.5 Å². The number of rotatable bonds is 2. The molecule has 5 nitrogen and oxygen atoms in total. The van der Waals surface area contributed by atoms with Gasteiger partial charge in [0.05, 0.1) is 23.7 Å². The second-order valence-corrected chi connectivity index (χ2v) is 7.10. The van der Waals surface area contributed by atoms with Gasteiger partial charge in [0.25, 0.3) is 0 Å². The average Bonchev–Trinajstić information content (AvgIpc) is 2.52. The van der Waals surface area contributed by atoms with Crippen molar-refractivity contribution in [2.75, 3.05) is 31.1 Å². The van der Waals surface area contributed by atoms with Gasteiger partial charge in [-0.2, -0.15) is 0 Å². The highest BCUT2D eigenvalue weighted by Gasteiger charge is 2.40. The third-order valence-corrected chi connectivity index (χ3v) is 5.35. The predicted molar refractivity (Wildman–Crippen MR) is 61.8 cm³/mol. The Morgan fingerprint density at radius 1 is 1.38 bits per heavy atom. The van der Waals surface area contributed by atoms with Crippen LogP contribution in [0, 0.1) is 5.92 Å². The third kappa shape index (κ3) is 2.56. The van der Waals surface area contributed by atoms with Gasteiger partial charge in [-0.25, -0.2) is 8.42 Å². The van der Waals surface area contributed by atoms with E-state index in [0.717, 1.165) is 25.9 Å². The molecule has 0 spiro atoms. The first-order chi connectivity index (χ1) is 7.52. The zero-order chi connectivity index (χ0) is 11.8. The van der Waals surface area contributed by atoms with Crippen molar-refractivity contribution in [3.63, 3.8) is 0 Å². The van der Waals surface area contributed by atoms with Gasteiger partial charge in [0, 0.05) is 6.54 Å². The van der Waals surface area contributed by atoms with Gasteiger partial charge in [0.2, 0.25) is 0 Å². The first-order valence-electron chi connectivity index (χ1n) is 5.84. The first kappa shape index (κ1) is 12.3. The fourth-order valence-corrected chi connectivity index (χ4v) is 4.58. The molecule has 2 aliphatic heterocycles. The fraction of sp³-hybridized carbons (Fsp3) is 1.00. The van der Waals surface area contributed by atoms with Crippen LogP contribution in [0.3, 0.4) is 0 Å². The maximum absolute atomic E-state index is 11.4. The van der Waals surface area contributed by atoms with Gasteiger partial charge >= 0.3 is 0 Å². The van der Waals surface area contributed by atoms with Crippen molar-refractivity contribution < 1.29 is 13.5 Å². The highest BCUT2D eigenvalue weighted by atomic mass is 32.2. The minimum atomic E-state index is -3.04. The van der Waals surface area contributed by atoms with Crippen LogP contribution in [0.2, 0.25) is 0 Å². The maximum Gasteiger partial charge on any atom is 0.154 e. The summed E-state index contributed by atoms with van der Waals surface area (Å²) < 4.78 is 22.9. The number of hydrogen-bond donors (Lipinski definition) is 2. The number of sulfone groups is 1. The van der Waals surface area contributed by atoms with Gasteiger partial charge in [-0.15, -0.1) is 0 Å². The van der Waals surface area contributed by atoms with Crippen LogP contribution < -0.4 is 5.73 Å². The molecule has 2 rings (SSSR count). The van der Waals surface area contributed by atoms with E-state index in [-0.39, 0.29) is 17.5 Å². The van der Waals surface area contributed by atoms with E-state index >= 15 is 0 Å². The minimum Gasteiger partial charge on any atom is -0.390 e. The van der Waals surface area contributed by atoms with Crippen LogP contribution in [0.5, 0.6) is 0 Å². The Kier molecular flexibility index (Phi) is 3.53. The topological polar surface area (TPSA) is 83.6 Å². The van der Waals surface area contributed by atoms with Gasteiger partial charge in [-0.05, 0) is 31.8 Å². The standard InChI is InChI=1S/C10H20N2O3S/c11-4-8-2-1-3-12(5-8)9-6-16(14,15)7-10(9)13/h8-10,13H,1-7,11H2. The van der Waals surface area contributed by atoms with Crippen LogP contribution >= 0.6 is 0 Å². The zero-order valence-corrected chi connectivity index (χ0v) is 10.2. The molecule has 94 valence electrons. The normalized spacial score (nSPS) is 40.0. The summed E-state index contributed by atoms with van der Waals surface area (Å²) >= 11 is 0. The Balaban J connectivity index is 2.02. The Morgan fingerprint density at radius 2 is 2.12 bits per heavy atom. The van der Waals surface area contributed by atoms with Gasteiger partial charge < -0.3 is 10.8 Å². The van der Waals surface area contributed by atoms with Gasteiger partial charge in [-0.3, -0.25) is 4.90 Å². The van der Waals surface area contributed by atoms with Crippen LogP contribution in [-0.4, -0.2) is 61.7 Å². The minimum absolute atomic E-state index is 0.0819. The SMILES string of the molecule is NCC1CCCN(C2CS(=O)(=O)CC2O)C1. The summed E-state index contributed by atoms with van der Waals surface area (Å²) in [4.78, 5) is 2.11. The number of nitrogens with zero attached hydrogens (tertiary/aromatic N) is 1. The molecule has 3 atom stereocenters. The zero-order valence-electron chi connectivity index (χ0n) is 9.38. The summed E-state index contributed by atoms with van der Waals surface area (Å²) in [5.74, 6) is 0.469. The quantitative estimate of drug-likeness (QED) is 0.642. The number of aliphatic hydroxyl groups excluding tert-OH is 1. The molecule has 0 amide bonds. The van der Waals surface area contributed by atoms with Crippen LogP contribution in [-0.2, 0) is 9.84 Å². The monoisotopic (exact) mass is 248 g/mol. The van der Waals surface area contributed by atoms with E-state index in [1.54, 1.807) is 0 Å². The van der Waals surface area contributed by atoms with Crippen molar-refractivity contribution in [1.29, 1.82) is 0 Å². The van der Waals surface area contributed by atoms with Crippen LogP contribution in [0.15, 0.2) is 0 Å². The molecule has 6 heteroatoms. The first-order valence-corrected chi connectivity index (χ1v) is 7.66. The average molecular weight is 248 g/mol. The molecule has 0 aliphatic carbocycles. The van der Waals surface area contributed by atoms with Crippen molar-refractivity contribution in [2.24, 2.45) is 11.7 Å². The number of hydrogen-bond acceptors (Lipinski definition) is 5. The Hall–Kier alpha value is -0.170. The molecule has 2 aliphatic rings. The van der Waals surface area contributed by atoms with Crippen molar-refractivity contribution in [3.05, 3.63) is 0 Å². The van der Waals surface area contributed by atoms with Crippen LogP contribution in [0.1, 0.15) is 12.8 Å². The Bertz CT molecular complexity index is 344. The van der Waals surface area contributed by atoms with Gasteiger partial charge in [0.1, 0.15) is 0 Å². The third-order valence-electron chi connectivity index (χ3n) is 3.65. The van der Waals surface area contributed by atoms with E-state index in [2.05, 4.69) is 4.90 Å². The summed E-state index contributed by atoms with van der Waals surface area (Å²) in [5, 5.41) is 9.78. The maximum atomic E-state index is 11.4. The molecule has 3 unspecified atom stereocenters. The lowest BCUT2D eigenvalue weighted by Crippen LogP contribution is -2.49. The lowest BCUT2D eigenvalue weighted by Gasteiger charge is -2.37. The highest BCUT2D eigenvalue weighted by Crippen LogP contribution is 2.24. The molecule has 0 saturated carbocycles. The lowest BCUT2D eigenvalue weighted by molar-refractivity contribution is 0.0549. The van der Waals surface area contributed by atoms with E-state index in [0.29, 0.717) is 12.5 Å². The second-order valence-electron chi connectivity index (χ2n) is 4.95. The molecule has 3 N–H and O–H groups in total. The summed E-state index contributed by atoms with van der Waals surface area (Å²) in [6.07, 6.45) is 1.44. The van der Waals surface area contributed by atoms with E-state index in [1.807, 2.05) is 0 Å². The van der Waals surface area contributed by atoms with Gasteiger partial charge in [-0.1, -0.05) is 0 Å². The number of aliphatic hydroxyl groups is 1. The predicted octanol–water partition coefficient (Wildman–Crippen LogP) is -1.18. The molecule has 0 bridgehead atoms. The largest absolute Gasteiger partial charge is 0.390 e. The molecule has 2 heterocycles. The fourth-order valence-electron chi connectivity index (χ4n) is 2.75. The van der Waals surface area contributed by atoms with Gasteiger partial charge in [0.15, 0.2) is 9.84 Å². The van der Waals surface area contributed by atoms with Crippen LogP contribution in [0.25, 0.3) is 0 Å². The summed E-state index contributed by atoms with van der Waals surface area (Å²) in [6, 6.07) is -0.209. The van der Waals surface area contributed by atoms with Crippen LogP contribution in [0.4, 0.5) is 0 Å². The summed E-state index contributed by atoms with van der Waals surface area (Å²) in [5.41, 5.74) is 5.64. The Labute approximate surface area is 96.5 Å².